The lowest BCUT2D eigenvalue weighted by Crippen LogP contribution is -2.27. The van der Waals surface area contributed by atoms with Crippen LogP contribution in [0, 0.1) is 6.92 Å². The summed E-state index contributed by atoms with van der Waals surface area (Å²) < 4.78 is 81.4. The standard InChI is InChI=1S/C26H27F3O6S2/c1-19-17-22(15-16-23(19)24(30)33-18-34-25(2,3)4)36(20-11-7-5-8-12-20,21-13-9-6-10-14-21)35-37(31,32)26(27,28)29/h5-17H,18H2,1-4H3. The average molecular weight is 557 g/mol. The molecule has 0 bridgehead atoms. The van der Waals surface area contributed by atoms with Gasteiger partial charge in [0.05, 0.1) is 11.2 Å². The van der Waals surface area contributed by atoms with Gasteiger partial charge in [0.15, 0.2) is 6.79 Å². The summed E-state index contributed by atoms with van der Waals surface area (Å²) in [5, 5.41) is 0. The second-order valence-electron chi connectivity index (χ2n) is 8.93. The van der Waals surface area contributed by atoms with Gasteiger partial charge in [-0.25, -0.2) is 4.79 Å². The van der Waals surface area contributed by atoms with Gasteiger partial charge >= 0.3 is 21.6 Å². The van der Waals surface area contributed by atoms with Crippen molar-refractivity contribution in [2.45, 2.75) is 53.5 Å². The molecular formula is C26H27F3O6S2. The van der Waals surface area contributed by atoms with Crippen LogP contribution in [0.25, 0.3) is 0 Å². The van der Waals surface area contributed by atoms with E-state index in [1.165, 1.54) is 42.5 Å². The summed E-state index contributed by atoms with van der Waals surface area (Å²) in [5.41, 5.74) is -5.68. The van der Waals surface area contributed by atoms with Crippen LogP contribution in [0.3, 0.4) is 0 Å². The number of hydrogen-bond donors (Lipinski definition) is 0. The highest BCUT2D eigenvalue weighted by Crippen LogP contribution is 2.70. The number of carbonyl (C=O) groups is 1. The molecule has 0 aromatic heterocycles. The first-order valence-corrected chi connectivity index (χ1v) is 14.0. The molecule has 0 fully saturated rings. The minimum atomic E-state index is -6.04. The number of aryl methyl sites for hydroxylation is 1. The summed E-state index contributed by atoms with van der Waals surface area (Å²) in [6, 6.07) is 19.9. The minimum absolute atomic E-state index is 0.148. The highest BCUT2D eigenvalue weighted by Gasteiger charge is 2.52. The number of rotatable bonds is 8. The van der Waals surface area contributed by atoms with Crippen molar-refractivity contribution < 1.29 is 39.5 Å². The highest BCUT2D eigenvalue weighted by atomic mass is 32.3. The van der Waals surface area contributed by atoms with E-state index in [2.05, 4.69) is 0 Å². The Morgan fingerprint density at radius 2 is 1.32 bits per heavy atom. The Kier molecular flexibility index (Phi) is 8.43. The lowest BCUT2D eigenvalue weighted by Gasteiger charge is -2.39. The average Bonchev–Trinajstić information content (AvgIpc) is 2.82. The Morgan fingerprint density at radius 3 is 1.76 bits per heavy atom. The van der Waals surface area contributed by atoms with Crippen molar-refractivity contribution in [1.82, 2.24) is 0 Å². The largest absolute Gasteiger partial charge is 0.524 e. The third-order valence-electron chi connectivity index (χ3n) is 5.06. The van der Waals surface area contributed by atoms with Crippen molar-refractivity contribution in [3.63, 3.8) is 0 Å². The van der Waals surface area contributed by atoms with Gasteiger partial charge in [0.25, 0.3) is 0 Å². The van der Waals surface area contributed by atoms with E-state index < -0.39 is 37.5 Å². The predicted molar refractivity (Wildman–Crippen MR) is 134 cm³/mol. The molecule has 0 radical (unpaired) electrons. The zero-order valence-corrected chi connectivity index (χ0v) is 22.2. The maximum absolute atomic E-state index is 13.6. The number of esters is 1. The fourth-order valence-electron chi connectivity index (χ4n) is 3.30. The van der Waals surface area contributed by atoms with Gasteiger partial charge in [-0.3, -0.25) is 0 Å². The number of alkyl halides is 3. The quantitative estimate of drug-likeness (QED) is 0.169. The molecule has 0 heterocycles. The SMILES string of the molecule is Cc1cc(S(OS(=O)(=O)C(F)(F)F)(c2ccccc2)c2ccccc2)ccc1C(=O)OCOC(C)(C)C. The first-order valence-electron chi connectivity index (χ1n) is 11.0. The molecule has 11 heteroatoms. The highest BCUT2D eigenvalue weighted by molar-refractivity contribution is 8.33. The molecule has 0 saturated heterocycles. The number of halogens is 3. The topological polar surface area (TPSA) is 78.9 Å². The first-order chi connectivity index (χ1) is 17.2. The Hall–Kier alpha value is -2.86. The minimum Gasteiger partial charge on any atom is -0.435 e. The van der Waals surface area contributed by atoms with Crippen LogP contribution in [-0.4, -0.2) is 32.3 Å². The molecule has 0 amide bonds. The molecule has 3 aromatic rings. The Balaban J connectivity index is 2.19. The van der Waals surface area contributed by atoms with Gasteiger partial charge in [0, 0.05) is 14.7 Å². The van der Waals surface area contributed by atoms with Crippen molar-refractivity contribution in [2.75, 3.05) is 6.79 Å². The molecule has 37 heavy (non-hydrogen) atoms. The van der Waals surface area contributed by atoms with Crippen LogP contribution in [0.2, 0.25) is 0 Å². The molecule has 0 spiro atoms. The summed E-state index contributed by atoms with van der Waals surface area (Å²) in [4.78, 5) is 13.2. The number of hydrogen-bond acceptors (Lipinski definition) is 6. The molecule has 0 aliphatic heterocycles. The van der Waals surface area contributed by atoms with Gasteiger partial charge in [0.2, 0.25) is 0 Å². The molecule has 3 aromatic carbocycles. The van der Waals surface area contributed by atoms with E-state index >= 15 is 0 Å². The van der Waals surface area contributed by atoms with Gasteiger partial charge in [-0.2, -0.15) is 25.2 Å². The summed E-state index contributed by atoms with van der Waals surface area (Å²) >= 11 is 0. The molecule has 0 atom stereocenters. The molecule has 200 valence electrons. The molecule has 0 unspecified atom stereocenters. The lowest BCUT2D eigenvalue weighted by atomic mass is 10.1. The van der Waals surface area contributed by atoms with Crippen molar-refractivity contribution in [2.24, 2.45) is 0 Å². The molecule has 0 N–H and O–H groups in total. The van der Waals surface area contributed by atoms with Gasteiger partial charge in [-0.1, -0.05) is 36.4 Å². The molecule has 0 saturated carbocycles. The Bertz CT molecular complexity index is 1300. The molecule has 0 aliphatic rings. The lowest BCUT2D eigenvalue weighted by molar-refractivity contribution is -0.0965. The fourth-order valence-corrected chi connectivity index (χ4v) is 8.13. The van der Waals surface area contributed by atoms with E-state index in [9.17, 15) is 26.4 Å². The third-order valence-corrected chi connectivity index (χ3v) is 9.95. The summed E-state index contributed by atoms with van der Waals surface area (Å²) in [6.45, 7) is 6.67. The summed E-state index contributed by atoms with van der Waals surface area (Å²) in [6.07, 6.45) is 0. The first kappa shape index (κ1) is 28.7. The maximum atomic E-state index is 13.6. The maximum Gasteiger partial charge on any atom is 0.524 e. The van der Waals surface area contributed by atoms with E-state index in [1.54, 1.807) is 64.1 Å². The zero-order chi connectivity index (χ0) is 27.5. The summed E-state index contributed by atoms with van der Waals surface area (Å²) in [5.74, 6) is -0.697. The van der Waals surface area contributed by atoms with Crippen LogP contribution in [0.4, 0.5) is 13.2 Å². The van der Waals surface area contributed by atoms with E-state index in [1.807, 2.05) is 0 Å². The van der Waals surface area contributed by atoms with Gasteiger partial charge in [-0.15, -0.1) is 0 Å². The third kappa shape index (κ3) is 6.53. The van der Waals surface area contributed by atoms with Crippen LogP contribution < -0.4 is 0 Å². The van der Waals surface area contributed by atoms with Crippen LogP contribution in [0.15, 0.2) is 93.5 Å². The molecule has 6 nitrogen and oxygen atoms in total. The van der Waals surface area contributed by atoms with Gasteiger partial charge < -0.3 is 9.47 Å². The Morgan fingerprint density at radius 1 is 0.811 bits per heavy atom. The van der Waals surface area contributed by atoms with Gasteiger partial charge in [-0.05, 0) is 86.0 Å². The number of carbonyl (C=O) groups excluding carboxylic acids is 1. The van der Waals surface area contributed by atoms with Crippen LogP contribution in [-0.2, 0) is 23.2 Å². The van der Waals surface area contributed by atoms with Crippen molar-refractivity contribution in [1.29, 1.82) is 0 Å². The Labute approximate surface area is 216 Å². The van der Waals surface area contributed by atoms with Gasteiger partial charge in [0.1, 0.15) is 0 Å². The normalized spacial score (nSPS) is 13.3. The molecular weight excluding hydrogens is 529 g/mol. The number of benzene rings is 3. The van der Waals surface area contributed by atoms with Crippen LogP contribution in [0.5, 0.6) is 0 Å². The zero-order valence-electron chi connectivity index (χ0n) is 20.6. The number of ether oxygens (including phenoxy) is 2. The smallest absolute Gasteiger partial charge is 0.435 e. The second-order valence-corrected chi connectivity index (χ2v) is 13.4. The van der Waals surface area contributed by atoms with E-state index in [0.29, 0.717) is 5.56 Å². The van der Waals surface area contributed by atoms with Crippen molar-refractivity contribution in [3.05, 3.63) is 90.0 Å². The fraction of sp³-hybridized carbons (Fsp3) is 0.269. The molecule has 0 aliphatic carbocycles. The van der Waals surface area contributed by atoms with E-state index in [0.717, 1.165) is 0 Å². The van der Waals surface area contributed by atoms with Crippen LogP contribution >= 0.6 is 10.3 Å². The predicted octanol–water partition coefficient (Wildman–Crippen LogP) is 6.99. The van der Waals surface area contributed by atoms with Crippen LogP contribution in [0.1, 0.15) is 36.7 Å². The summed E-state index contributed by atoms with van der Waals surface area (Å²) in [7, 11) is -9.50. The molecule has 3 rings (SSSR count). The monoisotopic (exact) mass is 556 g/mol. The van der Waals surface area contributed by atoms with E-state index in [-0.39, 0.29) is 27.0 Å². The van der Waals surface area contributed by atoms with Crippen molar-refractivity contribution >= 4 is 26.4 Å². The second kappa shape index (κ2) is 10.9. The van der Waals surface area contributed by atoms with E-state index in [4.69, 9.17) is 13.1 Å². The van der Waals surface area contributed by atoms with Crippen molar-refractivity contribution in [3.8, 4) is 0 Å².